The van der Waals surface area contributed by atoms with Gasteiger partial charge < -0.3 is 4.90 Å². The largest absolute Gasteiger partial charge is 0.363 e. The van der Waals surface area contributed by atoms with Crippen molar-refractivity contribution in [3.05, 3.63) is 71.8 Å². The topological polar surface area (TPSA) is 3.24 Å². The zero-order valence-corrected chi connectivity index (χ0v) is 17.1. The Labute approximate surface area is 166 Å². The maximum absolute atomic E-state index is 2.73. The summed E-state index contributed by atoms with van der Waals surface area (Å²) in [5.41, 5.74) is 4.82. The van der Waals surface area contributed by atoms with Gasteiger partial charge in [0, 0.05) is 18.3 Å². The molecule has 2 fully saturated rings. The molecule has 0 bridgehead atoms. The molecule has 0 amide bonds. The Morgan fingerprint density at radius 2 is 1.70 bits per heavy atom. The van der Waals surface area contributed by atoms with E-state index in [0.29, 0.717) is 6.04 Å². The third-order valence-electron chi connectivity index (χ3n) is 6.82. The van der Waals surface area contributed by atoms with Gasteiger partial charge in [0.05, 0.1) is 9.52 Å². The highest BCUT2D eigenvalue weighted by atomic mass is 28.2. The predicted molar refractivity (Wildman–Crippen MR) is 116 cm³/mol. The summed E-state index contributed by atoms with van der Waals surface area (Å²) in [5, 5.41) is 1.52. The van der Waals surface area contributed by atoms with E-state index in [-0.39, 0.29) is 0 Å². The number of anilines is 1. The first-order valence-electron chi connectivity index (χ1n) is 10.7. The van der Waals surface area contributed by atoms with E-state index in [1.807, 2.05) is 0 Å². The van der Waals surface area contributed by atoms with Crippen molar-refractivity contribution in [2.75, 3.05) is 11.4 Å². The highest BCUT2D eigenvalue weighted by molar-refractivity contribution is 6.53. The van der Waals surface area contributed by atoms with Gasteiger partial charge in [0.25, 0.3) is 0 Å². The summed E-state index contributed by atoms with van der Waals surface area (Å²) in [5.74, 6) is 1.57. The van der Waals surface area contributed by atoms with Gasteiger partial charge >= 0.3 is 0 Å². The van der Waals surface area contributed by atoms with Gasteiger partial charge in [0.1, 0.15) is 0 Å². The summed E-state index contributed by atoms with van der Waals surface area (Å²) in [6.07, 6.45) is 11.1. The van der Waals surface area contributed by atoms with Crippen molar-refractivity contribution in [3.63, 3.8) is 0 Å². The van der Waals surface area contributed by atoms with Crippen LogP contribution in [-0.2, 0) is 6.42 Å². The van der Waals surface area contributed by atoms with E-state index < -0.39 is 0 Å². The normalized spacial score (nSPS) is 26.4. The number of para-hydroxylation sites is 1. The maximum Gasteiger partial charge on any atom is 0.0814 e. The number of hydrogen-bond acceptors (Lipinski definition) is 1. The van der Waals surface area contributed by atoms with Gasteiger partial charge in [-0.1, -0.05) is 79.1 Å². The Balaban J connectivity index is 1.40. The molecule has 1 saturated heterocycles. The molecule has 138 valence electrons. The Morgan fingerprint density at radius 3 is 2.56 bits per heavy atom. The van der Waals surface area contributed by atoms with Crippen LogP contribution in [0.2, 0.25) is 6.04 Å². The van der Waals surface area contributed by atoms with Crippen LogP contribution < -0.4 is 10.1 Å². The van der Waals surface area contributed by atoms with Crippen molar-refractivity contribution in [3.8, 4) is 0 Å². The van der Waals surface area contributed by atoms with Crippen LogP contribution in [-0.4, -0.2) is 22.1 Å². The maximum atomic E-state index is 2.73. The number of hydrogen-bond donors (Lipinski definition) is 0. The standard InChI is InChI=1S/C25H29NSi/c1-3-9-19(10-4-1)15-21-17-26-24-14-8-7-11-20(24)16-25(26)23(21)18-27-22-12-5-2-6-13-22/h2,5-8,11-15,19,23,25H,1,3-4,9-10,16-18H2/b21-15-/t23-,25+/m1/s1. The van der Waals surface area contributed by atoms with Gasteiger partial charge in [-0.2, -0.15) is 0 Å². The number of rotatable bonds is 4. The van der Waals surface area contributed by atoms with Crippen LogP contribution in [0.25, 0.3) is 0 Å². The first kappa shape index (κ1) is 17.3. The Hall–Kier alpha value is -1.80. The van der Waals surface area contributed by atoms with E-state index in [1.54, 1.807) is 11.1 Å². The Bertz CT molecular complexity index is 806. The second-order valence-electron chi connectivity index (χ2n) is 8.52. The molecule has 2 atom stereocenters. The van der Waals surface area contributed by atoms with Crippen molar-refractivity contribution < 1.29 is 0 Å². The predicted octanol–water partition coefficient (Wildman–Crippen LogP) is 5.00. The molecule has 27 heavy (non-hydrogen) atoms. The molecule has 0 unspecified atom stereocenters. The molecular weight excluding hydrogens is 342 g/mol. The fourth-order valence-corrected chi connectivity index (χ4v) is 6.85. The molecule has 2 heterocycles. The van der Waals surface area contributed by atoms with Crippen molar-refractivity contribution in [1.82, 2.24) is 0 Å². The molecule has 0 aromatic heterocycles. The number of allylic oxidation sites excluding steroid dienone is 1. The van der Waals surface area contributed by atoms with E-state index in [9.17, 15) is 0 Å². The Kier molecular flexibility index (Phi) is 4.92. The van der Waals surface area contributed by atoms with Gasteiger partial charge in [0.2, 0.25) is 0 Å². The van der Waals surface area contributed by atoms with Crippen molar-refractivity contribution in [1.29, 1.82) is 0 Å². The monoisotopic (exact) mass is 371 g/mol. The average Bonchev–Trinajstić information content (AvgIpc) is 3.24. The van der Waals surface area contributed by atoms with Crippen LogP contribution in [0.1, 0.15) is 37.7 Å². The molecule has 1 nitrogen and oxygen atoms in total. The van der Waals surface area contributed by atoms with E-state index in [0.717, 1.165) is 21.4 Å². The lowest BCUT2D eigenvalue weighted by molar-refractivity contribution is 0.415. The molecule has 2 aromatic rings. The number of nitrogens with zero attached hydrogens (tertiary/aromatic N) is 1. The molecule has 2 aliphatic heterocycles. The summed E-state index contributed by atoms with van der Waals surface area (Å²) in [7, 11) is 0.922. The number of fused-ring (bicyclic) bond motifs is 3. The van der Waals surface area contributed by atoms with Gasteiger partial charge in [-0.15, -0.1) is 0 Å². The first-order valence-corrected chi connectivity index (χ1v) is 11.9. The first-order chi connectivity index (χ1) is 13.4. The minimum absolute atomic E-state index is 0.688. The molecule has 2 radical (unpaired) electrons. The molecule has 1 aliphatic carbocycles. The molecule has 5 rings (SSSR count). The van der Waals surface area contributed by atoms with Crippen LogP contribution >= 0.6 is 0 Å². The Morgan fingerprint density at radius 1 is 0.926 bits per heavy atom. The highest BCUT2D eigenvalue weighted by Gasteiger charge is 2.42. The SMILES string of the molecule is C(=C1\CN2c3ccccc3C[C@H]2[C@@H]1C[Si]c1ccccc1)/C1CCCCC1. The lowest BCUT2D eigenvalue weighted by Gasteiger charge is -2.23. The summed E-state index contributed by atoms with van der Waals surface area (Å²) in [4.78, 5) is 2.73. The van der Waals surface area contributed by atoms with Crippen molar-refractivity contribution >= 4 is 20.4 Å². The van der Waals surface area contributed by atoms with Gasteiger partial charge in [-0.05, 0) is 54.3 Å². The lowest BCUT2D eigenvalue weighted by Crippen LogP contribution is -2.30. The second kappa shape index (κ2) is 7.67. The quantitative estimate of drug-likeness (QED) is 0.540. The number of benzene rings is 2. The zero-order valence-electron chi connectivity index (χ0n) is 16.1. The molecular formula is C25H29NSi. The molecule has 0 spiro atoms. The van der Waals surface area contributed by atoms with Gasteiger partial charge in [-0.3, -0.25) is 0 Å². The molecule has 3 aliphatic rings. The smallest absolute Gasteiger partial charge is 0.0814 e. The molecule has 2 aromatic carbocycles. The summed E-state index contributed by atoms with van der Waals surface area (Å²) < 4.78 is 0. The zero-order chi connectivity index (χ0) is 18.1. The molecule has 1 saturated carbocycles. The lowest BCUT2D eigenvalue weighted by atomic mass is 9.85. The fraction of sp³-hybridized carbons (Fsp3) is 0.440. The van der Waals surface area contributed by atoms with Crippen LogP contribution in [0.5, 0.6) is 0 Å². The van der Waals surface area contributed by atoms with Crippen LogP contribution in [0, 0.1) is 11.8 Å². The summed E-state index contributed by atoms with van der Waals surface area (Å²) in [6, 6.07) is 22.2. The van der Waals surface area contributed by atoms with E-state index in [2.05, 4.69) is 65.6 Å². The third kappa shape index (κ3) is 3.52. The summed E-state index contributed by atoms with van der Waals surface area (Å²) >= 11 is 0. The summed E-state index contributed by atoms with van der Waals surface area (Å²) in [6.45, 7) is 1.17. The van der Waals surface area contributed by atoms with Gasteiger partial charge in [-0.25, -0.2) is 0 Å². The molecule has 2 heteroatoms. The van der Waals surface area contributed by atoms with E-state index in [4.69, 9.17) is 0 Å². The minimum Gasteiger partial charge on any atom is -0.363 e. The van der Waals surface area contributed by atoms with Crippen molar-refractivity contribution in [2.24, 2.45) is 11.8 Å². The van der Waals surface area contributed by atoms with Crippen LogP contribution in [0.3, 0.4) is 0 Å². The van der Waals surface area contributed by atoms with Crippen LogP contribution in [0.15, 0.2) is 66.2 Å². The van der Waals surface area contributed by atoms with E-state index >= 15 is 0 Å². The average molecular weight is 372 g/mol. The third-order valence-corrected chi connectivity index (χ3v) is 8.21. The molecule has 0 N–H and O–H groups in total. The fourth-order valence-electron chi connectivity index (χ4n) is 5.43. The van der Waals surface area contributed by atoms with Crippen molar-refractivity contribution in [2.45, 2.75) is 50.6 Å². The second-order valence-corrected chi connectivity index (χ2v) is 9.86. The van der Waals surface area contributed by atoms with Gasteiger partial charge in [0.15, 0.2) is 0 Å². The highest BCUT2D eigenvalue weighted by Crippen LogP contribution is 2.45. The van der Waals surface area contributed by atoms with E-state index in [1.165, 1.54) is 62.0 Å². The van der Waals surface area contributed by atoms with Crippen LogP contribution in [0.4, 0.5) is 5.69 Å². The minimum atomic E-state index is 0.688.